The van der Waals surface area contributed by atoms with Crippen molar-refractivity contribution < 1.29 is 23.8 Å². The number of anilines is 1. The molecule has 0 aliphatic heterocycles. The van der Waals surface area contributed by atoms with Crippen molar-refractivity contribution in [2.75, 3.05) is 26.6 Å². The Hall–Kier alpha value is -2.54. The fourth-order valence-electron chi connectivity index (χ4n) is 1.84. The average molecular weight is 321 g/mol. The third-order valence-corrected chi connectivity index (χ3v) is 3.78. The number of rotatable bonds is 5. The van der Waals surface area contributed by atoms with E-state index in [-0.39, 0.29) is 0 Å². The van der Waals surface area contributed by atoms with Crippen LogP contribution in [0, 0.1) is 0 Å². The molecule has 0 atom stereocenters. The molecule has 1 aromatic heterocycles. The van der Waals surface area contributed by atoms with Gasteiger partial charge in [0.25, 0.3) is 5.91 Å². The van der Waals surface area contributed by atoms with Crippen molar-refractivity contribution in [2.45, 2.75) is 0 Å². The molecule has 0 unspecified atom stereocenters. The first-order valence-electron chi connectivity index (χ1n) is 6.30. The number of carbonyl (C=O) groups is 2. The minimum absolute atomic E-state index is 0.308. The lowest BCUT2D eigenvalue weighted by Gasteiger charge is -2.10. The van der Waals surface area contributed by atoms with E-state index >= 15 is 0 Å². The van der Waals surface area contributed by atoms with Gasteiger partial charge in [0.1, 0.15) is 16.5 Å². The van der Waals surface area contributed by atoms with Crippen LogP contribution in [0.15, 0.2) is 29.6 Å². The van der Waals surface area contributed by atoms with Crippen molar-refractivity contribution in [3.05, 3.63) is 40.8 Å². The van der Waals surface area contributed by atoms with Crippen LogP contribution in [0.1, 0.15) is 20.7 Å². The van der Waals surface area contributed by atoms with Gasteiger partial charge in [-0.05, 0) is 29.6 Å². The van der Waals surface area contributed by atoms with Crippen molar-refractivity contribution in [3.63, 3.8) is 0 Å². The van der Waals surface area contributed by atoms with Crippen LogP contribution >= 0.6 is 11.3 Å². The molecule has 0 saturated heterocycles. The molecule has 0 aliphatic carbocycles. The summed E-state index contributed by atoms with van der Waals surface area (Å²) in [5.41, 5.74) is 0.619. The van der Waals surface area contributed by atoms with Crippen molar-refractivity contribution >= 4 is 28.2 Å². The largest absolute Gasteiger partial charge is 0.497 e. The molecule has 1 aromatic carbocycles. The lowest BCUT2D eigenvalue weighted by atomic mass is 10.1. The minimum Gasteiger partial charge on any atom is -0.497 e. The first kappa shape index (κ1) is 15.8. The van der Waals surface area contributed by atoms with Gasteiger partial charge in [0.05, 0.1) is 32.5 Å². The zero-order valence-corrected chi connectivity index (χ0v) is 13.2. The summed E-state index contributed by atoms with van der Waals surface area (Å²) < 4.78 is 15.0. The highest BCUT2D eigenvalue weighted by Crippen LogP contribution is 2.28. The van der Waals surface area contributed by atoms with Gasteiger partial charge < -0.3 is 19.5 Å². The molecule has 116 valence electrons. The molecule has 0 radical (unpaired) electrons. The number of amides is 1. The van der Waals surface area contributed by atoms with E-state index in [0.717, 1.165) is 0 Å². The van der Waals surface area contributed by atoms with Crippen molar-refractivity contribution in [3.8, 4) is 11.5 Å². The summed E-state index contributed by atoms with van der Waals surface area (Å²) in [7, 11) is 4.28. The Labute approximate surface area is 131 Å². The van der Waals surface area contributed by atoms with Crippen LogP contribution in [0.3, 0.4) is 0 Å². The summed E-state index contributed by atoms with van der Waals surface area (Å²) in [6, 6.07) is 6.50. The fourth-order valence-corrected chi connectivity index (χ4v) is 2.61. The fraction of sp³-hybridized carbons (Fsp3) is 0.200. The van der Waals surface area contributed by atoms with Crippen molar-refractivity contribution in [2.24, 2.45) is 0 Å². The summed E-state index contributed by atoms with van der Waals surface area (Å²) >= 11 is 1.23. The molecule has 0 fully saturated rings. The average Bonchev–Trinajstić information content (AvgIpc) is 3.01. The van der Waals surface area contributed by atoms with Gasteiger partial charge in [0, 0.05) is 0 Å². The maximum atomic E-state index is 12.4. The molecule has 0 spiro atoms. The second-order valence-electron chi connectivity index (χ2n) is 4.18. The molecule has 22 heavy (non-hydrogen) atoms. The van der Waals surface area contributed by atoms with E-state index in [1.54, 1.807) is 29.6 Å². The summed E-state index contributed by atoms with van der Waals surface area (Å²) in [6.07, 6.45) is 0. The second-order valence-corrected chi connectivity index (χ2v) is 5.09. The monoisotopic (exact) mass is 321 g/mol. The number of nitrogens with one attached hydrogen (secondary N) is 1. The molecule has 0 bridgehead atoms. The van der Waals surface area contributed by atoms with E-state index in [2.05, 4.69) is 10.1 Å². The summed E-state index contributed by atoms with van der Waals surface area (Å²) in [4.78, 5) is 24.1. The molecule has 2 rings (SSSR count). The minimum atomic E-state index is -0.505. The molecule has 7 heteroatoms. The third-order valence-electron chi connectivity index (χ3n) is 2.95. The molecule has 6 nitrogen and oxygen atoms in total. The van der Waals surface area contributed by atoms with Crippen LogP contribution in [0.2, 0.25) is 0 Å². The summed E-state index contributed by atoms with van der Waals surface area (Å²) in [5, 5.41) is 4.81. The Bertz CT molecular complexity index is 695. The predicted octanol–water partition coefficient (Wildman–Crippen LogP) is 2.80. The van der Waals surface area contributed by atoms with Gasteiger partial charge in [0.2, 0.25) is 0 Å². The van der Waals surface area contributed by atoms with Crippen LogP contribution in [-0.2, 0) is 4.74 Å². The highest BCUT2D eigenvalue weighted by molar-refractivity contribution is 7.14. The molecule has 1 amide bonds. The first-order chi connectivity index (χ1) is 10.6. The van der Waals surface area contributed by atoms with Gasteiger partial charge in [-0.25, -0.2) is 4.79 Å². The Morgan fingerprint density at radius 2 is 1.82 bits per heavy atom. The molecule has 2 aromatic rings. The van der Waals surface area contributed by atoms with Gasteiger partial charge in [-0.2, -0.15) is 0 Å². The number of ether oxygens (including phenoxy) is 3. The molecular weight excluding hydrogens is 306 g/mol. The van der Waals surface area contributed by atoms with Gasteiger partial charge >= 0.3 is 5.97 Å². The second kappa shape index (κ2) is 6.95. The molecule has 1 N–H and O–H groups in total. The predicted molar refractivity (Wildman–Crippen MR) is 83.2 cm³/mol. The number of hydrogen-bond acceptors (Lipinski definition) is 6. The normalized spacial score (nSPS) is 9.95. The van der Waals surface area contributed by atoms with E-state index in [9.17, 15) is 9.59 Å². The maximum absolute atomic E-state index is 12.4. The lowest BCUT2D eigenvalue weighted by Crippen LogP contribution is -2.15. The van der Waals surface area contributed by atoms with Gasteiger partial charge in [0.15, 0.2) is 0 Å². The lowest BCUT2D eigenvalue weighted by molar-refractivity contribution is 0.0602. The third kappa shape index (κ3) is 3.20. The number of esters is 1. The Morgan fingerprint density at radius 3 is 2.45 bits per heavy atom. The summed E-state index contributed by atoms with van der Waals surface area (Å²) in [6.45, 7) is 0. The van der Waals surface area contributed by atoms with Crippen LogP contribution in [0.5, 0.6) is 11.5 Å². The zero-order chi connectivity index (χ0) is 16.1. The molecule has 0 saturated carbocycles. The van der Waals surface area contributed by atoms with Gasteiger partial charge in [-0.3, -0.25) is 4.79 Å². The Morgan fingerprint density at radius 1 is 1.05 bits per heavy atom. The van der Waals surface area contributed by atoms with E-state index in [0.29, 0.717) is 27.6 Å². The molecule has 0 aliphatic rings. The SMILES string of the molecule is COC(=O)c1ccsc1NC(=O)c1cc(OC)ccc1OC. The van der Waals surface area contributed by atoms with E-state index in [1.165, 1.54) is 32.7 Å². The number of methoxy groups -OCH3 is 3. The maximum Gasteiger partial charge on any atom is 0.340 e. The molecule has 1 heterocycles. The van der Waals surface area contributed by atoms with Gasteiger partial charge in [-0.15, -0.1) is 11.3 Å². The van der Waals surface area contributed by atoms with E-state index < -0.39 is 11.9 Å². The van der Waals surface area contributed by atoms with Gasteiger partial charge in [-0.1, -0.05) is 0 Å². The van der Waals surface area contributed by atoms with E-state index in [4.69, 9.17) is 9.47 Å². The Kier molecular flexibility index (Phi) is 5.00. The number of thiophene rings is 1. The standard InChI is InChI=1S/C15H15NO5S/c1-19-9-4-5-12(20-2)11(8-9)13(17)16-14-10(6-7-22-14)15(18)21-3/h4-8H,1-3H3,(H,16,17). The smallest absolute Gasteiger partial charge is 0.340 e. The topological polar surface area (TPSA) is 73.9 Å². The van der Waals surface area contributed by atoms with Crippen LogP contribution in [-0.4, -0.2) is 33.2 Å². The van der Waals surface area contributed by atoms with Crippen LogP contribution < -0.4 is 14.8 Å². The van der Waals surface area contributed by atoms with Crippen LogP contribution in [0.4, 0.5) is 5.00 Å². The van der Waals surface area contributed by atoms with Crippen molar-refractivity contribution in [1.29, 1.82) is 0 Å². The quantitative estimate of drug-likeness (QED) is 0.857. The zero-order valence-electron chi connectivity index (χ0n) is 12.3. The number of benzene rings is 1. The van der Waals surface area contributed by atoms with E-state index in [1.807, 2.05) is 0 Å². The molecular formula is C15H15NO5S. The highest BCUT2D eigenvalue weighted by atomic mass is 32.1. The van der Waals surface area contributed by atoms with Crippen LogP contribution in [0.25, 0.3) is 0 Å². The number of hydrogen-bond donors (Lipinski definition) is 1. The van der Waals surface area contributed by atoms with Crippen molar-refractivity contribution in [1.82, 2.24) is 0 Å². The highest BCUT2D eigenvalue weighted by Gasteiger charge is 2.19. The number of carbonyl (C=O) groups excluding carboxylic acids is 2. The Balaban J connectivity index is 2.30. The first-order valence-corrected chi connectivity index (χ1v) is 7.17. The summed E-state index contributed by atoms with van der Waals surface area (Å²) in [5.74, 6) is 0.0392.